The van der Waals surface area contributed by atoms with Crippen molar-refractivity contribution in [2.75, 3.05) is 0 Å². The van der Waals surface area contributed by atoms with Crippen molar-refractivity contribution < 1.29 is 23.0 Å². The molecule has 0 fully saturated rings. The Kier molecular flexibility index (Phi) is 4.17. The minimum absolute atomic E-state index is 0.173. The second-order valence-corrected chi connectivity index (χ2v) is 4.52. The smallest absolute Gasteiger partial charge is 0.406 e. The Bertz CT molecular complexity index is 608. The van der Waals surface area contributed by atoms with Gasteiger partial charge in [0, 0.05) is 0 Å². The van der Waals surface area contributed by atoms with Crippen LogP contribution in [0.15, 0.2) is 24.3 Å². The van der Waals surface area contributed by atoms with Crippen LogP contribution in [0.25, 0.3) is 0 Å². The number of aryl methyl sites for hydroxylation is 2. The van der Waals surface area contributed by atoms with Gasteiger partial charge in [-0.25, -0.2) is 9.67 Å². The number of aliphatic hydroxyl groups is 1. The third-order valence-electron chi connectivity index (χ3n) is 2.81. The standard InChI is InChI=1S/C13H14F3N3O2/c1-8-17-9(2)19(18-8)7-12(20)10-3-5-11(6-4-10)21-13(14,15)16/h3-6,12,20H,7H2,1-2H3/t12-/m1/s1. The number of aliphatic hydroxyl groups excluding tert-OH is 1. The number of aromatic nitrogens is 3. The first-order valence-electron chi connectivity index (χ1n) is 6.16. The Morgan fingerprint density at radius 1 is 1.24 bits per heavy atom. The summed E-state index contributed by atoms with van der Waals surface area (Å²) in [5, 5.41) is 14.2. The maximum Gasteiger partial charge on any atom is 0.573 e. The third kappa shape index (κ3) is 4.19. The molecule has 1 aromatic carbocycles. The van der Waals surface area contributed by atoms with E-state index in [-0.39, 0.29) is 12.3 Å². The number of benzene rings is 1. The molecule has 0 spiro atoms. The van der Waals surface area contributed by atoms with E-state index in [1.54, 1.807) is 18.5 Å². The number of hydrogen-bond donors (Lipinski definition) is 1. The summed E-state index contributed by atoms with van der Waals surface area (Å²) in [7, 11) is 0. The van der Waals surface area contributed by atoms with Crippen molar-refractivity contribution in [2.45, 2.75) is 32.9 Å². The topological polar surface area (TPSA) is 60.2 Å². The number of hydrogen-bond acceptors (Lipinski definition) is 4. The van der Waals surface area contributed by atoms with Gasteiger partial charge in [-0.2, -0.15) is 5.10 Å². The maximum atomic E-state index is 12.0. The average Bonchev–Trinajstić information content (AvgIpc) is 2.66. The average molecular weight is 301 g/mol. The summed E-state index contributed by atoms with van der Waals surface area (Å²) < 4.78 is 41.4. The van der Waals surface area contributed by atoms with Crippen LogP contribution in [-0.2, 0) is 6.54 Å². The quantitative estimate of drug-likeness (QED) is 0.942. The number of nitrogens with zero attached hydrogens (tertiary/aromatic N) is 3. The van der Waals surface area contributed by atoms with E-state index in [0.717, 1.165) is 12.1 Å². The minimum atomic E-state index is -4.73. The third-order valence-corrected chi connectivity index (χ3v) is 2.81. The lowest BCUT2D eigenvalue weighted by atomic mass is 10.1. The highest BCUT2D eigenvalue weighted by atomic mass is 19.4. The molecule has 0 radical (unpaired) electrons. The predicted molar refractivity (Wildman–Crippen MR) is 67.6 cm³/mol. The molecule has 1 N–H and O–H groups in total. The molecule has 8 heteroatoms. The molecule has 1 aromatic heterocycles. The van der Waals surface area contributed by atoms with E-state index in [9.17, 15) is 18.3 Å². The number of halogens is 3. The number of alkyl halides is 3. The van der Waals surface area contributed by atoms with E-state index >= 15 is 0 Å². The summed E-state index contributed by atoms with van der Waals surface area (Å²) in [6.45, 7) is 3.66. The molecule has 0 saturated carbocycles. The summed E-state index contributed by atoms with van der Waals surface area (Å²) in [5.41, 5.74) is 0.470. The Hall–Kier alpha value is -2.09. The second-order valence-electron chi connectivity index (χ2n) is 4.52. The lowest BCUT2D eigenvalue weighted by molar-refractivity contribution is -0.274. The van der Waals surface area contributed by atoms with Crippen LogP contribution in [0.2, 0.25) is 0 Å². The number of ether oxygens (including phenoxy) is 1. The maximum absolute atomic E-state index is 12.0. The van der Waals surface area contributed by atoms with Crippen LogP contribution in [0.5, 0.6) is 5.75 Å². The van der Waals surface area contributed by atoms with Gasteiger partial charge in [-0.1, -0.05) is 12.1 Å². The summed E-state index contributed by atoms with van der Waals surface area (Å²) in [4.78, 5) is 4.11. The van der Waals surface area contributed by atoms with E-state index in [1.807, 2.05) is 0 Å². The zero-order valence-electron chi connectivity index (χ0n) is 11.4. The van der Waals surface area contributed by atoms with Gasteiger partial charge in [-0.15, -0.1) is 13.2 Å². The van der Waals surface area contributed by atoms with Crippen LogP contribution < -0.4 is 4.74 Å². The second kappa shape index (κ2) is 5.72. The van der Waals surface area contributed by atoms with Crippen LogP contribution in [0, 0.1) is 13.8 Å². The van der Waals surface area contributed by atoms with E-state index < -0.39 is 12.5 Å². The minimum Gasteiger partial charge on any atom is -0.406 e. The van der Waals surface area contributed by atoms with Gasteiger partial charge in [0.15, 0.2) is 0 Å². The van der Waals surface area contributed by atoms with Crippen molar-refractivity contribution in [3.63, 3.8) is 0 Å². The summed E-state index contributed by atoms with van der Waals surface area (Å²) >= 11 is 0. The Labute approximate surface area is 119 Å². The highest BCUT2D eigenvalue weighted by Crippen LogP contribution is 2.24. The molecule has 0 aliphatic carbocycles. The molecule has 0 unspecified atom stereocenters. The lowest BCUT2D eigenvalue weighted by Gasteiger charge is -2.13. The van der Waals surface area contributed by atoms with Crippen LogP contribution in [0.1, 0.15) is 23.3 Å². The molecular weight excluding hydrogens is 287 g/mol. The van der Waals surface area contributed by atoms with Gasteiger partial charge in [0.05, 0.1) is 12.6 Å². The van der Waals surface area contributed by atoms with Gasteiger partial charge in [-0.05, 0) is 31.5 Å². The molecule has 0 saturated heterocycles. The van der Waals surface area contributed by atoms with E-state index in [2.05, 4.69) is 14.8 Å². The molecule has 1 heterocycles. The van der Waals surface area contributed by atoms with Gasteiger partial charge in [0.2, 0.25) is 0 Å². The van der Waals surface area contributed by atoms with Crippen molar-refractivity contribution in [1.82, 2.24) is 14.8 Å². The first-order valence-corrected chi connectivity index (χ1v) is 6.16. The monoisotopic (exact) mass is 301 g/mol. The van der Waals surface area contributed by atoms with E-state index in [4.69, 9.17) is 0 Å². The predicted octanol–water partition coefficient (Wildman–Crippen LogP) is 2.53. The molecule has 5 nitrogen and oxygen atoms in total. The fourth-order valence-electron chi connectivity index (χ4n) is 1.90. The molecule has 114 valence electrons. The van der Waals surface area contributed by atoms with Crippen LogP contribution in [0.4, 0.5) is 13.2 Å². The van der Waals surface area contributed by atoms with Crippen molar-refractivity contribution in [3.05, 3.63) is 41.5 Å². The molecule has 0 amide bonds. The molecule has 0 aliphatic rings. The van der Waals surface area contributed by atoms with Crippen molar-refractivity contribution in [1.29, 1.82) is 0 Å². The lowest BCUT2D eigenvalue weighted by Crippen LogP contribution is -2.17. The fourth-order valence-corrected chi connectivity index (χ4v) is 1.90. The van der Waals surface area contributed by atoms with Gasteiger partial charge < -0.3 is 9.84 Å². The summed E-state index contributed by atoms with van der Waals surface area (Å²) in [6.07, 6.45) is -5.63. The van der Waals surface area contributed by atoms with Crippen molar-refractivity contribution in [2.24, 2.45) is 0 Å². The van der Waals surface area contributed by atoms with Crippen LogP contribution in [-0.4, -0.2) is 26.2 Å². The summed E-state index contributed by atoms with van der Waals surface area (Å²) in [6, 6.07) is 5.08. The largest absolute Gasteiger partial charge is 0.573 e. The number of rotatable bonds is 4. The highest BCUT2D eigenvalue weighted by Gasteiger charge is 2.31. The van der Waals surface area contributed by atoms with E-state index in [0.29, 0.717) is 17.2 Å². The fraction of sp³-hybridized carbons (Fsp3) is 0.385. The Balaban J connectivity index is 2.06. The van der Waals surface area contributed by atoms with Gasteiger partial charge in [0.1, 0.15) is 17.4 Å². The normalized spacial score (nSPS) is 13.2. The molecule has 2 rings (SSSR count). The van der Waals surface area contributed by atoms with Crippen LogP contribution >= 0.6 is 0 Å². The first kappa shape index (κ1) is 15.3. The highest BCUT2D eigenvalue weighted by molar-refractivity contribution is 5.28. The molecular formula is C13H14F3N3O2. The van der Waals surface area contributed by atoms with Gasteiger partial charge in [-0.3, -0.25) is 0 Å². The molecule has 21 heavy (non-hydrogen) atoms. The van der Waals surface area contributed by atoms with Crippen molar-refractivity contribution in [3.8, 4) is 5.75 Å². The Morgan fingerprint density at radius 3 is 2.33 bits per heavy atom. The molecule has 2 aromatic rings. The van der Waals surface area contributed by atoms with Gasteiger partial charge >= 0.3 is 6.36 Å². The zero-order valence-corrected chi connectivity index (χ0v) is 11.4. The van der Waals surface area contributed by atoms with E-state index in [1.165, 1.54) is 12.1 Å². The molecule has 1 atom stereocenters. The zero-order chi connectivity index (χ0) is 15.6. The first-order chi connectivity index (χ1) is 9.74. The van der Waals surface area contributed by atoms with Crippen LogP contribution in [0.3, 0.4) is 0 Å². The molecule has 0 bridgehead atoms. The Morgan fingerprint density at radius 2 is 1.86 bits per heavy atom. The summed E-state index contributed by atoms with van der Waals surface area (Å²) in [5.74, 6) is 0.920. The SMILES string of the molecule is Cc1nc(C)n(C[C@@H](O)c2ccc(OC(F)(F)F)cc2)n1. The molecule has 0 aliphatic heterocycles. The van der Waals surface area contributed by atoms with Crippen molar-refractivity contribution >= 4 is 0 Å². The van der Waals surface area contributed by atoms with Gasteiger partial charge in [0.25, 0.3) is 0 Å².